The molecule has 1 rings (SSSR count). The second kappa shape index (κ2) is 12.3. The number of pyridine rings is 1. The number of rotatable bonds is 8. The fraction of sp³-hybridized carbons (Fsp3) is 0.667. The van der Waals surface area contributed by atoms with Crippen molar-refractivity contribution in [2.45, 2.75) is 46.3 Å². The molecule has 144 valence electrons. The van der Waals surface area contributed by atoms with E-state index in [1.807, 2.05) is 37.2 Å². The number of nitrogens with one attached hydrogen (secondary N) is 2. The van der Waals surface area contributed by atoms with Gasteiger partial charge in [-0.2, -0.15) is 0 Å². The first-order chi connectivity index (χ1) is 11.3. The normalized spacial score (nSPS) is 11.7. The molecule has 0 radical (unpaired) electrons. The van der Waals surface area contributed by atoms with Crippen molar-refractivity contribution >= 4 is 35.8 Å². The van der Waals surface area contributed by atoms with Gasteiger partial charge in [0, 0.05) is 46.3 Å². The summed E-state index contributed by atoms with van der Waals surface area (Å²) in [6.07, 6.45) is 0. The van der Waals surface area contributed by atoms with Crippen LogP contribution in [0.1, 0.15) is 33.4 Å². The van der Waals surface area contributed by atoms with Crippen LogP contribution in [0.2, 0.25) is 0 Å². The molecule has 0 atom stereocenters. The molecule has 0 aliphatic carbocycles. The molecule has 0 spiro atoms. The van der Waals surface area contributed by atoms with E-state index in [1.165, 1.54) is 0 Å². The van der Waals surface area contributed by atoms with Crippen LogP contribution in [0.25, 0.3) is 0 Å². The number of hydrogen-bond donors (Lipinski definition) is 2. The van der Waals surface area contributed by atoms with Gasteiger partial charge in [-0.3, -0.25) is 9.89 Å². The lowest BCUT2D eigenvalue weighted by atomic mass is 10.2. The van der Waals surface area contributed by atoms with Gasteiger partial charge in [-0.15, -0.1) is 24.0 Å². The Bertz CT molecular complexity index is 508. The molecule has 0 bridgehead atoms. The maximum absolute atomic E-state index is 4.61. The van der Waals surface area contributed by atoms with Crippen molar-refractivity contribution in [3.05, 3.63) is 23.9 Å². The maximum atomic E-state index is 4.61. The molecule has 0 fully saturated rings. The van der Waals surface area contributed by atoms with Crippen LogP contribution in [0, 0.1) is 0 Å². The van der Waals surface area contributed by atoms with E-state index in [-0.39, 0.29) is 24.0 Å². The van der Waals surface area contributed by atoms with Crippen LogP contribution in [-0.4, -0.2) is 62.2 Å². The highest BCUT2D eigenvalue weighted by atomic mass is 127. The van der Waals surface area contributed by atoms with E-state index in [1.54, 1.807) is 7.05 Å². The van der Waals surface area contributed by atoms with E-state index in [4.69, 9.17) is 0 Å². The quantitative estimate of drug-likeness (QED) is 0.354. The molecule has 0 amide bonds. The van der Waals surface area contributed by atoms with Gasteiger partial charge in [0.25, 0.3) is 0 Å². The molecule has 1 aromatic heterocycles. The second-order valence-electron chi connectivity index (χ2n) is 6.66. The average Bonchev–Trinajstić information content (AvgIpc) is 2.53. The molecule has 0 aliphatic heterocycles. The van der Waals surface area contributed by atoms with E-state index >= 15 is 0 Å². The highest BCUT2D eigenvalue weighted by Gasteiger charge is 2.12. The lowest BCUT2D eigenvalue weighted by Crippen LogP contribution is -2.45. The predicted octanol–water partition coefficient (Wildman–Crippen LogP) is 2.55. The summed E-state index contributed by atoms with van der Waals surface area (Å²) in [6, 6.07) is 7.13. The van der Waals surface area contributed by atoms with Crippen molar-refractivity contribution in [1.29, 1.82) is 0 Å². The van der Waals surface area contributed by atoms with Crippen LogP contribution in [-0.2, 0) is 6.54 Å². The molecular weight excluding hydrogens is 427 g/mol. The molecule has 1 aromatic rings. The maximum Gasteiger partial charge on any atom is 0.191 e. The first-order valence-electron chi connectivity index (χ1n) is 8.68. The second-order valence-corrected chi connectivity index (χ2v) is 6.66. The van der Waals surface area contributed by atoms with Gasteiger partial charge in [-0.25, -0.2) is 4.98 Å². The third kappa shape index (κ3) is 8.71. The Balaban J connectivity index is 0.00000576. The van der Waals surface area contributed by atoms with Crippen LogP contribution in [0.4, 0.5) is 5.82 Å². The largest absolute Gasteiger partial charge is 0.363 e. The van der Waals surface area contributed by atoms with Crippen molar-refractivity contribution in [3.8, 4) is 0 Å². The summed E-state index contributed by atoms with van der Waals surface area (Å²) in [5, 5.41) is 6.70. The summed E-state index contributed by atoms with van der Waals surface area (Å²) in [6.45, 7) is 11.4. The molecule has 6 nitrogen and oxygen atoms in total. The monoisotopic (exact) mass is 462 g/mol. The number of anilines is 1. The standard InChI is InChI=1S/C18H34N6.HI/c1-14(2)24(15(3)4)12-11-20-18(19-5)21-13-16-9-8-10-17(22-16)23(6)7;/h8-10,14-15H,11-13H2,1-7H3,(H2,19,20,21);1H. The van der Waals surface area contributed by atoms with Gasteiger partial charge in [0.2, 0.25) is 0 Å². The van der Waals surface area contributed by atoms with Crippen LogP contribution in [0.3, 0.4) is 0 Å². The highest BCUT2D eigenvalue weighted by molar-refractivity contribution is 14.0. The summed E-state index contributed by atoms with van der Waals surface area (Å²) in [5.74, 6) is 1.77. The van der Waals surface area contributed by atoms with E-state index in [0.717, 1.165) is 30.6 Å². The minimum Gasteiger partial charge on any atom is -0.363 e. The first-order valence-corrected chi connectivity index (χ1v) is 8.68. The van der Waals surface area contributed by atoms with Crippen LogP contribution < -0.4 is 15.5 Å². The number of nitrogens with zero attached hydrogens (tertiary/aromatic N) is 4. The van der Waals surface area contributed by atoms with Crippen molar-refractivity contribution in [2.24, 2.45) is 4.99 Å². The Hall–Kier alpha value is -1.09. The lowest BCUT2D eigenvalue weighted by Gasteiger charge is -2.30. The Morgan fingerprint density at radius 1 is 1.12 bits per heavy atom. The van der Waals surface area contributed by atoms with Crippen LogP contribution in [0.15, 0.2) is 23.2 Å². The Labute approximate surface area is 170 Å². The molecule has 0 aliphatic rings. The van der Waals surface area contributed by atoms with E-state index < -0.39 is 0 Å². The minimum absolute atomic E-state index is 0. The fourth-order valence-corrected chi connectivity index (χ4v) is 2.63. The molecule has 0 unspecified atom stereocenters. The zero-order valence-corrected chi connectivity index (χ0v) is 19.0. The summed E-state index contributed by atoms with van der Waals surface area (Å²) >= 11 is 0. The fourth-order valence-electron chi connectivity index (χ4n) is 2.63. The van der Waals surface area contributed by atoms with Crippen LogP contribution in [0.5, 0.6) is 0 Å². The third-order valence-electron chi connectivity index (χ3n) is 3.90. The van der Waals surface area contributed by atoms with Crippen molar-refractivity contribution in [1.82, 2.24) is 20.5 Å². The van der Waals surface area contributed by atoms with Crippen molar-refractivity contribution in [2.75, 3.05) is 39.1 Å². The number of halogens is 1. The molecular formula is C18H35IN6. The number of guanidine groups is 1. The predicted molar refractivity (Wildman–Crippen MR) is 119 cm³/mol. The minimum atomic E-state index is 0. The molecule has 7 heteroatoms. The number of aliphatic imine (C=N–C) groups is 1. The van der Waals surface area contributed by atoms with Crippen molar-refractivity contribution < 1.29 is 0 Å². The number of hydrogen-bond acceptors (Lipinski definition) is 4. The summed E-state index contributed by atoms with van der Waals surface area (Å²) < 4.78 is 0. The topological polar surface area (TPSA) is 55.8 Å². The van der Waals surface area contributed by atoms with Crippen molar-refractivity contribution in [3.63, 3.8) is 0 Å². The lowest BCUT2D eigenvalue weighted by molar-refractivity contribution is 0.178. The summed E-state index contributed by atoms with van der Waals surface area (Å²) in [7, 11) is 5.78. The Morgan fingerprint density at radius 2 is 1.76 bits per heavy atom. The Kier molecular flexibility index (Phi) is 11.8. The third-order valence-corrected chi connectivity index (χ3v) is 3.90. The molecule has 0 aromatic carbocycles. The molecule has 0 saturated heterocycles. The van der Waals surface area contributed by atoms with Gasteiger partial charge < -0.3 is 15.5 Å². The van der Waals surface area contributed by atoms with E-state index in [2.05, 4.69) is 53.2 Å². The van der Waals surface area contributed by atoms with Gasteiger partial charge in [-0.1, -0.05) is 6.07 Å². The smallest absolute Gasteiger partial charge is 0.191 e. The zero-order chi connectivity index (χ0) is 18.1. The van der Waals surface area contributed by atoms with Gasteiger partial charge in [-0.05, 0) is 39.8 Å². The highest BCUT2D eigenvalue weighted by Crippen LogP contribution is 2.07. The average molecular weight is 462 g/mol. The summed E-state index contributed by atoms with van der Waals surface area (Å²) in [5.41, 5.74) is 0.995. The molecule has 0 saturated carbocycles. The van der Waals surface area contributed by atoms with Gasteiger partial charge >= 0.3 is 0 Å². The molecule has 1 heterocycles. The van der Waals surface area contributed by atoms with Gasteiger partial charge in [0.1, 0.15) is 5.82 Å². The van der Waals surface area contributed by atoms with Gasteiger partial charge in [0.05, 0.1) is 12.2 Å². The molecule has 25 heavy (non-hydrogen) atoms. The van der Waals surface area contributed by atoms with E-state index in [0.29, 0.717) is 18.6 Å². The van der Waals surface area contributed by atoms with Crippen LogP contribution >= 0.6 is 24.0 Å². The zero-order valence-electron chi connectivity index (χ0n) is 16.7. The molecule has 2 N–H and O–H groups in total. The first kappa shape index (κ1) is 23.9. The van der Waals surface area contributed by atoms with E-state index in [9.17, 15) is 0 Å². The SMILES string of the molecule is CN=C(NCCN(C(C)C)C(C)C)NCc1cccc(N(C)C)n1.I. The van der Waals surface area contributed by atoms with Gasteiger partial charge in [0.15, 0.2) is 5.96 Å². The number of aromatic nitrogens is 1. The summed E-state index contributed by atoms with van der Waals surface area (Å²) in [4.78, 5) is 13.4. The Morgan fingerprint density at radius 3 is 2.28 bits per heavy atom.